The number of ketones is 1. The van der Waals surface area contributed by atoms with Crippen molar-refractivity contribution in [3.05, 3.63) is 46.5 Å². The van der Waals surface area contributed by atoms with Crippen molar-refractivity contribution in [2.45, 2.75) is 34.1 Å². The van der Waals surface area contributed by atoms with Crippen LogP contribution in [0.5, 0.6) is 0 Å². The van der Waals surface area contributed by atoms with Crippen LogP contribution in [0.15, 0.2) is 29.8 Å². The zero-order chi connectivity index (χ0) is 11.4. The largest absolute Gasteiger partial charge is 0.295 e. The molecule has 0 saturated carbocycles. The minimum atomic E-state index is 0.146. The summed E-state index contributed by atoms with van der Waals surface area (Å²) in [5, 5.41) is 0. The zero-order valence-corrected chi connectivity index (χ0v) is 9.92. The van der Waals surface area contributed by atoms with E-state index in [9.17, 15) is 4.79 Å². The summed E-state index contributed by atoms with van der Waals surface area (Å²) in [4.78, 5) is 11.4. The summed E-state index contributed by atoms with van der Waals surface area (Å²) >= 11 is 0. The van der Waals surface area contributed by atoms with Gasteiger partial charge in [0.05, 0.1) is 0 Å². The first-order valence-corrected chi connectivity index (χ1v) is 5.24. The van der Waals surface area contributed by atoms with Gasteiger partial charge in [-0.2, -0.15) is 0 Å². The van der Waals surface area contributed by atoms with Gasteiger partial charge in [-0.1, -0.05) is 35.4 Å². The average molecular weight is 202 g/mol. The number of Topliss-reactive ketones (excluding diaryl/α,β-unsaturated/α-hetero) is 1. The molecule has 0 aliphatic carbocycles. The van der Waals surface area contributed by atoms with Crippen LogP contribution in [0.4, 0.5) is 0 Å². The van der Waals surface area contributed by atoms with Crippen molar-refractivity contribution in [2.24, 2.45) is 0 Å². The van der Waals surface area contributed by atoms with Crippen LogP contribution in [0.25, 0.3) is 0 Å². The van der Waals surface area contributed by atoms with Gasteiger partial charge in [-0.15, -0.1) is 0 Å². The van der Waals surface area contributed by atoms with E-state index in [-0.39, 0.29) is 5.78 Å². The second kappa shape index (κ2) is 4.92. The lowest BCUT2D eigenvalue weighted by atomic mass is 9.98. The summed E-state index contributed by atoms with van der Waals surface area (Å²) in [5.41, 5.74) is 4.46. The second-order valence-electron chi connectivity index (χ2n) is 4.20. The maximum Gasteiger partial charge on any atom is 0.160 e. The highest BCUT2D eigenvalue weighted by molar-refractivity contribution is 5.95. The topological polar surface area (TPSA) is 17.1 Å². The first-order valence-electron chi connectivity index (χ1n) is 5.24. The summed E-state index contributed by atoms with van der Waals surface area (Å²) in [6, 6.07) is 6.00. The molecule has 1 heteroatoms. The van der Waals surface area contributed by atoms with E-state index in [1.165, 1.54) is 11.1 Å². The van der Waals surface area contributed by atoms with E-state index in [4.69, 9.17) is 0 Å². The highest BCUT2D eigenvalue weighted by Crippen LogP contribution is 2.14. The molecule has 0 amide bonds. The van der Waals surface area contributed by atoms with Gasteiger partial charge in [0, 0.05) is 5.56 Å². The molecule has 0 aliphatic heterocycles. The van der Waals surface area contributed by atoms with Crippen LogP contribution in [0, 0.1) is 6.92 Å². The van der Waals surface area contributed by atoms with Crippen LogP contribution in [-0.4, -0.2) is 5.78 Å². The Morgan fingerprint density at radius 2 is 1.93 bits per heavy atom. The molecule has 0 N–H and O–H groups in total. The lowest BCUT2D eigenvalue weighted by molar-refractivity contribution is 0.101. The van der Waals surface area contributed by atoms with Crippen molar-refractivity contribution < 1.29 is 4.79 Å². The summed E-state index contributed by atoms with van der Waals surface area (Å²) < 4.78 is 0. The molecule has 0 fully saturated rings. The van der Waals surface area contributed by atoms with E-state index in [0.717, 1.165) is 17.5 Å². The average Bonchev–Trinajstić information content (AvgIpc) is 2.14. The van der Waals surface area contributed by atoms with Crippen LogP contribution < -0.4 is 0 Å². The van der Waals surface area contributed by atoms with Crippen molar-refractivity contribution in [1.29, 1.82) is 0 Å². The molecule has 0 saturated heterocycles. The Hall–Kier alpha value is -1.37. The van der Waals surface area contributed by atoms with Gasteiger partial charge < -0.3 is 0 Å². The summed E-state index contributed by atoms with van der Waals surface area (Å²) in [5.74, 6) is 0.146. The van der Waals surface area contributed by atoms with Crippen LogP contribution in [0.2, 0.25) is 0 Å². The molecule has 1 aromatic carbocycles. The molecule has 1 aromatic rings. The Morgan fingerprint density at radius 1 is 1.27 bits per heavy atom. The molecule has 0 heterocycles. The van der Waals surface area contributed by atoms with E-state index in [2.05, 4.69) is 32.9 Å². The molecular formula is C14H18O. The van der Waals surface area contributed by atoms with Gasteiger partial charge in [-0.25, -0.2) is 0 Å². The van der Waals surface area contributed by atoms with Crippen molar-refractivity contribution >= 4 is 5.78 Å². The predicted octanol–water partition coefficient (Wildman–Crippen LogP) is 3.71. The van der Waals surface area contributed by atoms with E-state index >= 15 is 0 Å². The fourth-order valence-electron chi connectivity index (χ4n) is 1.55. The smallest absolute Gasteiger partial charge is 0.160 e. The van der Waals surface area contributed by atoms with Gasteiger partial charge in [0.1, 0.15) is 0 Å². The van der Waals surface area contributed by atoms with Crippen LogP contribution in [0.1, 0.15) is 42.3 Å². The van der Waals surface area contributed by atoms with Crippen LogP contribution in [0.3, 0.4) is 0 Å². The van der Waals surface area contributed by atoms with Crippen molar-refractivity contribution in [3.8, 4) is 0 Å². The van der Waals surface area contributed by atoms with Crippen molar-refractivity contribution in [3.63, 3.8) is 0 Å². The molecule has 0 atom stereocenters. The van der Waals surface area contributed by atoms with E-state index in [1.807, 2.05) is 12.1 Å². The summed E-state index contributed by atoms with van der Waals surface area (Å²) in [6.07, 6.45) is 3.00. The van der Waals surface area contributed by atoms with Gasteiger partial charge >= 0.3 is 0 Å². The molecule has 0 aliphatic rings. The highest BCUT2D eigenvalue weighted by atomic mass is 16.1. The maximum atomic E-state index is 11.4. The van der Waals surface area contributed by atoms with Crippen LogP contribution in [-0.2, 0) is 6.42 Å². The molecule has 80 valence electrons. The number of rotatable bonds is 3. The number of hydrogen-bond donors (Lipinski definition) is 0. The minimum absolute atomic E-state index is 0.146. The molecule has 1 rings (SSSR count). The molecule has 0 bridgehead atoms. The molecule has 0 unspecified atom stereocenters. The summed E-state index contributed by atoms with van der Waals surface area (Å²) in [6.45, 7) is 7.82. The molecule has 0 aromatic heterocycles. The number of carbonyl (C=O) groups excluding carboxylic acids is 1. The number of hydrogen-bond acceptors (Lipinski definition) is 1. The third-order valence-corrected chi connectivity index (χ3v) is 2.37. The normalized spacial score (nSPS) is 9.87. The lowest BCUT2D eigenvalue weighted by Gasteiger charge is -2.06. The Balaban J connectivity index is 3.07. The molecule has 0 spiro atoms. The number of allylic oxidation sites excluding steroid dienone is 2. The van der Waals surface area contributed by atoms with E-state index in [0.29, 0.717) is 0 Å². The number of benzene rings is 1. The highest BCUT2D eigenvalue weighted by Gasteiger charge is 2.05. The Labute approximate surface area is 91.8 Å². The van der Waals surface area contributed by atoms with Gasteiger partial charge in [0.2, 0.25) is 0 Å². The van der Waals surface area contributed by atoms with Crippen molar-refractivity contribution in [1.82, 2.24) is 0 Å². The van der Waals surface area contributed by atoms with E-state index < -0.39 is 0 Å². The number of aryl methyl sites for hydroxylation is 1. The second-order valence-corrected chi connectivity index (χ2v) is 4.20. The van der Waals surface area contributed by atoms with Gasteiger partial charge in [-0.3, -0.25) is 4.79 Å². The number of carbonyl (C=O) groups is 1. The quantitative estimate of drug-likeness (QED) is 0.539. The third kappa shape index (κ3) is 3.35. The zero-order valence-electron chi connectivity index (χ0n) is 9.92. The Morgan fingerprint density at radius 3 is 2.47 bits per heavy atom. The third-order valence-electron chi connectivity index (χ3n) is 2.37. The van der Waals surface area contributed by atoms with Crippen LogP contribution >= 0.6 is 0 Å². The van der Waals surface area contributed by atoms with Gasteiger partial charge in [-0.05, 0) is 39.7 Å². The summed E-state index contributed by atoms with van der Waals surface area (Å²) in [7, 11) is 0. The molecule has 0 radical (unpaired) electrons. The maximum absolute atomic E-state index is 11.4. The minimum Gasteiger partial charge on any atom is -0.295 e. The van der Waals surface area contributed by atoms with Gasteiger partial charge in [0.25, 0.3) is 0 Å². The molecule has 15 heavy (non-hydrogen) atoms. The lowest BCUT2D eigenvalue weighted by Crippen LogP contribution is -1.99. The standard InChI is InChI=1S/C14H18O/c1-10(2)5-7-13-9-11(3)6-8-14(13)12(4)15/h5-6,8-9H,7H2,1-4H3. The predicted molar refractivity (Wildman–Crippen MR) is 64.3 cm³/mol. The SMILES string of the molecule is CC(=O)c1ccc(C)cc1CC=C(C)C. The molecular weight excluding hydrogens is 184 g/mol. The van der Waals surface area contributed by atoms with E-state index in [1.54, 1.807) is 6.92 Å². The Kier molecular flexibility index (Phi) is 3.84. The van der Waals surface area contributed by atoms with Gasteiger partial charge in [0.15, 0.2) is 5.78 Å². The first-order chi connectivity index (χ1) is 7.00. The van der Waals surface area contributed by atoms with Crippen molar-refractivity contribution in [2.75, 3.05) is 0 Å². The fraction of sp³-hybridized carbons (Fsp3) is 0.357. The molecule has 1 nitrogen and oxygen atoms in total. The first kappa shape index (κ1) is 11.7. The fourth-order valence-corrected chi connectivity index (χ4v) is 1.55. The monoisotopic (exact) mass is 202 g/mol. The Bertz CT molecular complexity index is 396.